The van der Waals surface area contributed by atoms with Gasteiger partial charge >= 0.3 is 0 Å². The number of anilines is 1. The van der Waals surface area contributed by atoms with Gasteiger partial charge in [0.05, 0.1) is 5.88 Å². The molecule has 0 aliphatic rings. The van der Waals surface area contributed by atoms with Gasteiger partial charge < -0.3 is 5.73 Å². The maximum Gasteiger partial charge on any atom is 0.0839 e. The monoisotopic (exact) mass is 179 g/mol. The van der Waals surface area contributed by atoms with Crippen LogP contribution in [0.3, 0.4) is 0 Å². The van der Waals surface area contributed by atoms with Gasteiger partial charge in [0.1, 0.15) is 0 Å². The summed E-state index contributed by atoms with van der Waals surface area (Å²) in [4.78, 5) is 0. The Morgan fingerprint density at radius 2 is 2.25 bits per heavy atom. The molecular weight excluding hydrogens is 170 g/mol. The lowest BCUT2D eigenvalue weighted by Gasteiger charge is -1.98. The highest BCUT2D eigenvalue weighted by Gasteiger charge is 1.92. The Bertz CT molecular complexity index is 333. The average molecular weight is 180 g/mol. The predicted molar refractivity (Wildman–Crippen MR) is 53.2 cm³/mol. The van der Waals surface area contributed by atoms with E-state index in [1.54, 1.807) is 0 Å². The highest BCUT2D eigenvalue weighted by molar-refractivity contribution is 6.19. The van der Waals surface area contributed by atoms with Crippen LogP contribution in [0.1, 0.15) is 11.1 Å². The fourth-order valence-electron chi connectivity index (χ4n) is 0.854. The third-order valence-electron chi connectivity index (χ3n) is 1.58. The summed E-state index contributed by atoms with van der Waals surface area (Å²) in [7, 11) is 0. The predicted octanol–water partition coefficient (Wildman–Crippen LogP) is 2.17. The second kappa shape index (κ2) is 4.04. The first-order valence-corrected chi connectivity index (χ1v) is 4.18. The van der Waals surface area contributed by atoms with E-state index in [1.807, 2.05) is 25.1 Å². The summed E-state index contributed by atoms with van der Waals surface area (Å²) in [6.07, 6.45) is 0. The first-order valence-electron chi connectivity index (χ1n) is 3.65. The van der Waals surface area contributed by atoms with Gasteiger partial charge in [0, 0.05) is 11.3 Å². The van der Waals surface area contributed by atoms with Crippen LogP contribution in [0.25, 0.3) is 0 Å². The highest BCUT2D eigenvalue weighted by atomic mass is 35.5. The van der Waals surface area contributed by atoms with E-state index in [0.717, 1.165) is 16.8 Å². The lowest BCUT2D eigenvalue weighted by molar-refractivity contribution is 1.46. The Labute approximate surface area is 77.5 Å². The van der Waals surface area contributed by atoms with Crippen LogP contribution in [-0.2, 0) is 0 Å². The Hall–Kier alpha value is -1.13. The summed E-state index contributed by atoms with van der Waals surface area (Å²) in [6.45, 7) is 1.97. The largest absolute Gasteiger partial charge is 0.398 e. The molecule has 0 radical (unpaired) electrons. The van der Waals surface area contributed by atoms with E-state index in [-0.39, 0.29) is 0 Å². The number of nitrogen functional groups attached to an aromatic ring is 1. The van der Waals surface area contributed by atoms with E-state index in [1.165, 1.54) is 0 Å². The number of benzene rings is 1. The van der Waals surface area contributed by atoms with Gasteiger partial charge in [-0.2, -0.15) is 0 Å². The fourth-order valence-corrected chi connectivity index (χ4v) is 0.921. The van der Waals surface area contributed by atoms with Crippen molar-refractivity contribution >= 4 is 17.3 Å². The molecule has 0 atom stereocenters. The number of hydrogen-bond acceptors (Lipinski definition) is 1. The average Bonchev–Trinajstić information content (AvgIpc) is 2.07. The third kappa shape index (κ3) is 2.18. The van der Waals surface area contributed by atoms with Crippen molar-refractivity contribution < 1.29 is 0 Å². The molecule has 0 heterocycles. The zero-order valence-electron chi connectivity index (χ0n) is 6.89. The Morgan fingerprint density at radius 3 is 2.83 bits per heavy atom. The van der Waals surface area contributed by atoms with E-state index in [9.17, 15) is 0 Å². The molecule has 1 nitrogen and oxygen atoms in total. The molecule has 0 aliphatic carbocycles. The zero-order valence-corrected chi connectivity index (χ0v) is 7.65. The summed E-state index contributed by atoms with van der Waals surface area (Å²) in [5, 5.41) is 0. The Kier molecular flexibility index (Phi) is 3.01. The molecule has 0 fully saturated rings. The normalized spacial score (nSPS) is 8.83. The summed E-state index contributed by atoms with van der Waals surface area (Å²) in [5.74, 6) is 6.03. The van der Waals surface area contributed by atoms with Crippen LogP contribution in [0, 0.1) is 18.8 Å². The van der Waals surface area contributed by atoms with Crippen LogP contribution in [0.2, 0.25) is 0 Å². The number of aryl methyl sites for hydroxylation is 1. The molecule has 0 spiro atoms. The van der Waals surface area contributed by atoms with Crippen molar-refractivity contribution in [1.82, 2.24) is 0 Å². The molecule has 2 heteroatoms. The smallest absolute Gasteiger partial charge is 0.0839 e. The van der Waals surface area contributed by atoms with Gasteiger partial charge in [0.15, 0.2) is 0 Å². The molecule has 2 N–H and O–H groups in total. The topological polar surface area (TPSA) is 26.0 Å². The minimum atomic E-state index is 0.355. The number of nitrogens with two attached hydrogens (primary N) is 1. The van der Waals surface area contributed by atoms with E-state index < -0.39 is 0 Å². The fraction of sp³-hybridized carbons (Fsp3) is 0.200. The van der Waals surface area contributed by atoms with Crippen molar-refractivity contribution in [3.8, 4) is 11.8 Å². The molecular formula is C10H10ClN. The second-order valence-corrected chi connectivity index (χ2v) is 2.77. The maximum absolute atomic E-state index is 5.69. The van der Waals surface area contributed by atoms with Crippen LogP contribution in [0.5, 0.6) is 0 Å². The van der Waals surface area contributed by atoms with Gasteiger partial charge in [-0.1, -0.05) is 17.9 Å². The molecule has 0 unspecified atom stereocenters. The Balaban J connectivity index is 2.97. The molecule has 12 heavy (non-hydrogen) atoms. The van der Waals surface area contributed by atoms with Crippen molar-refractivity contribution in [2.75, 3.05) is 11.6 Å². The van der Waals surface area contributed by atoms with Crippen LogP contribution in [-0.4, -0.2) is 5.88 Å². The molecule has 0 aliphatic heterocycles. The molecule has 1 aromatic rings. The molecule has 1 aromatic carbocycles. The second-order valence-electron chi connectivity index (χ2n) is 2.51. The lowest BCUT2D eigenvalue weighted by atomic mass is 10.1. The van der Waals surface area contributed by atoms with Gasteiger partial charge in [-0.15, -0.1) is 11.6 Å². The standard InChI is InChI=1S/C10H10ClN/c1-8-4-5-9(3-2-6-11)7-10(8)12/h4-5,7H,6,12H2,1H3. The van der Waals surface area contributed by atoms with E-state index in [4.69, 9.17) is 17.3 Å². The van der Waals surface area contributed by atoms with E-state index >= 15 is 0 Å². The highest BCUT2D eigenvalue weighted by Crippen LogP contribution is 2.11. The summed E-state index contributed by atoms with van der Waals surface area (Å²) >= 11 is 5.42. The van der Waals surface area contributed by atoms with Gasteiger partial charge in [-0.3, -0.25) is 0 Å². The third-order valence-corrected chi connectivity index (χ3v) is 1.71. The number of hydrogen-bond donors (Lipinski definition) is 1. The number of alkyl halides is 1. The molecule has 62 valence electrons. The maximum atomic E-state index is 5.69. The Morgan fingerprint density at radius 1 is 1.50 bits per heavy atom. The van der Waals surface area contributed by atoms with Crippen molar-refractivity contribution in [3.63, 3.8) is 0 Å². The molecule has 0 aromatic heterocycles. The number of rotatable bonds is 0. The van der Waals surface area contributed by atoms with Gasteiger partial charge in [-0.25, -0.2) is 0 Å². The van der Waals surface area contributed by atoms with Gasteiger partial charge in [-0.05, 0) is 24.6 Å². The summed E-state index contributed by atoms with van der Waals surface area (Å²) < 4.78 is 0. The first kappa shape index (κ1) is 8.96. The first-order chi connectivity index (χ1) is 5.74. The van der Waals surface area contributed by atoms with Crippen LogP contribution in [0.4, 0.5) is 5.69 Å². The number of halogens is 1. The van der Waals surface area contributed by atoms with E-state index in [2.05, 4.69) is 11.8 Å². The van der Waals surface area contributed by atoms with Crippen LogP contribution in [0.15, 0.2) is 18.2 Å². The van der Waals surface area contributed by atoms with Crippen molar-refractivity contribution in [1.29, 1.82) is 0 Å². The molecule has 0 saturated heterocycles. The zero-order chi connectivity index (χ0) is 8.97. The van der Waals surface area contributed by atoms with Crippen molar-refractivity contribution in [2.45, 2.75) is 6.92 Å². The van der Waals surface area contributed by atoms with Crippen LogP contribution < -0.4 is 5.73 Å². The van der Waals surface area contributed by atoms with Crippen LogP contribution >= 0.6 is 11.6 Å². The van der Waals surface area contributed by atoms with Gasteiger partial charge in [0.25, 0.3) is 0 Å². The van der Waals surface area contributed by atoms with Crippen molar-refractivity contribution in [2.24, 2.45) is 0 Å². The molecule has 0 amide bonds. The summed E-state index contributed by atoms with van der Waals surface area (Å²) in [5.41, 5.74) is 8.46. The molecule has 0 bridgehead atoms. The van der Waals surface area contributed by atoms with E-state index in [0.29, 0.717) is 5.88 Å². The molecule has 1 rings (SSSR count). The van der Waals surface area contributed by atoms with Gasteiger partial charge in [0.2, 0.25) is 0 Å². The summed E-state index contributed by atoms with van der Waals surface area (Å²) in [6, 6.07) is 5.74. The lowest BCUT2D eigenvalue weighted by Crippen LogP contribution is -1.89. The SMILES string of the molecule is Cc1ccc(C#CCCl)cc1N. The molecule has 0 saturated carbocycles. The van der Waals surface area contributed by atoms with Crippen molar-refractivity contribution in [3.05, 3.63) is 29.3 Å². The quantitative estimate of drug-likeness (QED) is 0.369. The minimum absolute atomic E-state index is 0.355. The minimum Gasteiger partial charge on any atom is -0.398 e.